The summed E-state index contributed by atoms with van der Waals surface area (Å²) in [5.74, 6) is 0.488. The van der Waals surface area contributed by atoms with Crippen LogP contribution in [-0.2, 0) is 0 Å². The van der Waals surface area contributed by atoms with E-state index in [4.69, 9.17) is 9.84 Å². The first-order chi connectivity index (χ1) is 9.65. The minimum atomic E-state index is -0.406. The van der Waals surface area contributed by atoms with Crippen LogP contribution in [0.4, 0.5) is 11.4 Å². The van der Waals surface area contributed by atoms with E-state index in [9.17, 15) is 10.1 Å². The van der Waals surface area contributed by atoms with E-state index in [2.05, 4.69) is 4.90 Å². The van der Waals surface area contributed by atoms with Gasteiger partial charge in [-0.2, -0.15) is 0 Å². The Morgan fingerprint density at radius 1 is 1.45 bits per heavy atom. The summed E-state index contributed by atoms with van der Waals surface area (Å²) in [5, 5.41) is 20.0. The minimum absolute atomic E-state index is 0.0349. The molecule has 1 fully saturated rings. The maximum Gasteiger partial charge on any atom is 0.275 e. The van der Waals surface area contributed by atoms with E-state index in [-0.39, 0.29) is 12.3 Å². The van der Waals surface area contributed by atoms with Crippen molar-refractivity contribution in [3.63, 3.8) is 0 Å². The molecule has 1 N–H and O–H groups in total. The standard InChI is InChI=1S/C14H20N2O4/c1-20-14-9-12(8-13(10-14)16(18)19)15(6-3-7-17)11-4-2-5-11/h8-11,17H,2-7H2,1H3. The molecule has 6 nitrogen and oxygen atoms in total. The fourth-order valence-electron chi connectivity index (χ4n) is 2.42. The lowest BCUT2D eigenvalue weighted by atomic mass is 9.91. The molecule has 0 amide bonds. The summed E-state index contributed by atoms with van der Waals surface area (Å²) >= 11 is 0. The van der Waals surface area contributed by atoms with Gasteiger partial charge >= 0.3 is 0 Å². The topological polar surface area (TPSA) is 75.8 Å². The van der Waals surface area contributed by atoms with Crippen molar-refractivity contribution in [3.8, 4) is 5.75 Å². The number of anilines is 1. The SMILES string of the molecule is COc1cc(N(CCCO)C2CCC2)cc([N+](=O)[O-])c1. The van der Waals surface area contributed by atoms with E-state index in [1.807, 2.05) is 6.07 Å². The van der Waals surface area contributed by atoms with E-state index >= 15 is 0 Å². The number of hydrogen-bond acceptors (Lipinski definition) is 5. The Hall–Kier alpha value is -1.82. The second kappa shape index (κ2) is 6.56. The lowest BCUT2D eigenvalue weighted by Gasteiger charge is -2.39. The van der Waals surface area contributed by atoms with Gasteiger partial charge in [-0.25, -0.2) is 0 Å². The number of hydrogen-bond donors (Lipinski definition) is 1. The zero-order chi connectivity index (χ0) is 14.5. The average molecular weight is 280 g/mol. The van der Waals surface area contributed by atoms with Crippen LogP contribution in [-0.4, -0.2) is 36.3 Å². The summed E-state index contributed by atoms with van der Waals surface area (Å²) in [6, 6.07) is 5.24. The van der Waals surface area contributed by atoms with Crippen molar-refractivity contribution in [1.29, 1.82) is 0 Å². The van der Waals surface area contributed by atoms with Gasteiger partial charge in [0.2, 0.25) is 0 Å². The molecule has 1 saturated carbocycles. The quantitative estimate of drug-likeness (QED) is 0.613. The Balaban J connectivity index is 2.30. The van der Waals surface area contributed by atoms with Crippen LogP contribution in [0.3, 0.4) is 0 Å². The summed E-state index contributed by atoms with van der Waals surface area (Å²) in [6.45, 7) is 0.820. The molecular weight excluding hydrogens is 260 g/mol. The molecule has 1 aliphatic carbocycles. The Bertz CT molecular complexity index is 474. The van der Waals surface area contributed by atoms with Crippen molar-refractivity contribution >= 4 is 11.4 Å². The molecule has 1 aliphatic rings. The Morgan fingerprint density at radius 2 is 2.20 bits per heavy atom. The highest BCUT2D eigenvalue weighted by atomic mass is 16.6. The van der Waals surface area contributed by atoms with Gasteiger partial charge in [0.15, 0.2) is 0 Å². The molecule has 0 heterocycles. The van der Waals surface area contributed by atoms with Gasteiger partial charge in [-0.05, 0) is 25.7 Å². The second-order valence-corrected chi connectivity index (χ2v) is 5.00. The molecule has 6 heteroatoms. The molecule has 2 rings (SSSR count). The number of nitro groups is 1. The number of benzene rings is 1. The number of non-ortho nitro benzene ring substituents is 1. The number of aliphatic hydroxyl groups is 1. The fraction of sp³-hybridized carbons (Fsp3) is 0.571. The number of nitro benzene ring substituents is 1. The summed E-state index contributed by atoms with van der Waals surface area (Å²) in [7, 11) is 1.50. The molecule has 0 aliphatic heterocycles. The minimum Gasteiger partial charge on any atom is -0.496 e. The van der Waals surface area contributed by atoms with E-state index in [1.54, 1.807) is 6.07 Å². The predicted molar refractivity (Wildman–Crippen MR) is 76.3 cm³/mol. The Kier molecular flexibility index (Phi) is 4.79. The van der Waals surface area contributed by atoms with Crippen LogP contribution in [0.1, 0.15) is 25.7 Å². The van der Waals surface area contributed by atoms with Gasteiger partial charge in [0.1, 0.15) is 5.75 Å². The average Bonchev–Trinajstić information content (AvgIpc) is 2.40. The summed E-state index contributed by atoms with van der Waals surface area (Å²) in [5.41, 5.74) is 0.835. The Labute approximate surface area is 118 Å². The normalized spacial score (nSPS) is 14.7. The fourth-order valence-corrected chi connectivity index (χ4v) is 2.42. The third-order valence-corrected chi connectivity index (χ3v) is 3.73. The third-order valence-electron chi connectivity index (χ3n) is 3.73. The van der Waals surface area contributed by atoms with Crippen molar-refractivity contribution in [2.45, 2.75) is 31.7 Å². The first-order valence-electron chi connectivity index (χ1n) is 6.86. The number of ether oxygens (including phenoxy) is 1. The second-order valence-electron chi connectivity index (χ2n) is 5.00. The summed E-state index contributed by atoms with van der Waals surface area (Å²) in [4.78, 5) is 12.7. The largest absolute Gasteiger partial charge is 0.496 e. The number of methoxy groups -OCH3 is 1. The monoisotopic (exact) mass is 280 g/mol. The first kappa shape index (κ1) is 14.6. The van der Waals surface area contributed by atoms with Crippen molar-refractivity contribution in [2.24, 2.45) is 0 Å². The lowest BCUT2D eigenvalue weighted by molar-refractivity contribution is -0.384. The maximum atomic E-state index is 11.0. The van der Waals surface area contributed by atoms with Crippen LogP contribution in [0.25, 0.3) is 0 Å². The van der Waals surface area contributed by atoms with Crippen LogP contribution in [0.2, 0.25) is 0 Å². The molecular formula is C14H20N2O4. The molecule has 0 bridgehead atoms. The lowest BCUT2D eigenvalue weighted by Crippen LogP contribution is -2.41. The van der Waals surface area contributed by atoms with Crippen LogP contribution in [0, 0.1) is 10.1 Å². The van der Waals surface area contributed by atoms with E-state index in [0.717, 1.165) is 18.5 Å². The Morgan fingerprint density at radius 3 is 2.70 bits per heavy atom. The van der Waals surface area contributed by atoms with Gasteiger partial charge in [0.25, 0.3) is 5.69 Å². The van der Waals surface area contributed by atoms with Gasteiger partial charge in [-0.3, -0.25) is 10.1 Å². The number of aliphatic hydroxyl groups excluding tert-OH is 1. The predicted octanol–water partition coefficient (Wildman–Crippen LogP) is 2.34. The van der Waals surface area contributed by atoms with Gasteiger partial charge in [-0.1, -0.05) is 0 Å². The van der Waals surface area contributed by atoms with Crippen LogP contribution >= 0.6 is 0 Å². The number of rotatable bonds is 7. The van der Waals surface area contributed by atoms with Crippen molar-refractivity contribution in [2.75, 3.05) is 25.2 Å². The molecule has 110 valence electrons. The molecule has 0 radical (unpaired) electrons. The zero-order valence-corrected chi connectivity index (χ0v) is 11.6. The first-order valence-corrected chi connectivity index (χ1v) is 6.86. The van der Waals surface area contributed by atoms with Gasteiger partial charge < -0.3 is 14.7 Å². The van der Waals surface area contributed by atoms with Crippen molar-refractivity contribution in [1.82, 2.24) is 0 Å². The highest BCUT2D eigenvalue weighted by Gasteiger charge is 2.26. The molecule has 1 aromatic carbocycles. The van der Waals surface area contributed by atoms with Gasteiger partial charge in [0.05, 0.1) is 18.1 Å². The van der Waals surface area contributed by atoms with Gasteiger partial charge in [0, 0.05) is 37.0 Å². The molecule has 1 aromatic rings. The molecule has 0 spiro atoms. The number of nitrogens with zero attached hydrogens (tertiary/aromatic N) is 2. The maximum absolute atomic E-state index is 11.0. The van der Waals surface area contributed by atoms with Crippen LogP contribution in [0.15, 0.2) is 18.2 Å². The van der Waals surface area contributed by atoms with Crippen LogP contribution < -0.4 is 9.64 Å². The molecule has 0 aromatic heterocycles. The summed E-state index contributed by atoms with van der Waals surface area (Å²) < 4.78 is 5.15. The van der Waals surface area contributed by atoms with Crippen LogP contribution in [0.5, 0.6) is 5.75 Å². The molecule has 0 unspecified atom stereocenters. The van der Waals surface area contributed by atoms with Crippen molar-refractivity contribution < 1.29 is 14.8 Å². The van der Waals surface area contributed by atoms with E-state index < -0.39 is 4.92 Å². The molecule has 0 saturated heterocycles. The van der Waals surface area contributed by atoms with E-state index in [0.29, 0.717) is 24.8 Å². The highest BCUT2D eigenvalue weighted by Crippen LogP contribution is 2.34. The zero-order valence-electron chi connectivity index (χ0n) is 11.6. The molecule has 20 heavy (non-hydrogen) atoms. The smallest absolute Gasteiger partial charge is 0.275 e. The molecule has 0 atom stereocenters. The van der Waals surface area contributed by atoms with Gasteiger partial charge in [-0.15, -0.1) is 0 Å². The summed E-state index contributed by atoms with van der Waals surface area (Å²) in [6.07, 6.45) is 4.03. The highest BCUT2D eigenvalue weighted by molar-refractivity contribution is 5.58. The van der Waals surface area contributed by atoms with Crippen molar-refractivity contribution in [3.05, 3.63) is 28.3 Å². The third kappa shape index (κ3) is 3.19. The van der Waals surface area contributed by atoms with E-state index in [1.165, 1.54) is 19.6 Å².